The number of nitrogens with zero attached hydrogens (tertiary/aromatic N) is 1. The molecular formula is C23H40N2O3. The highest BCUT2D eigenvalue weighted by Crippen LogP contribution is 2.61. The fraction of sp³-hybridized carbons (Fsp3) is 0.913. The summed E-state index contributed by atoms with van der Waals surface area (Å²) in [6, 6.07) is 0. The molecule has 1 unspecified atom stereocenters. The predicted octanol–water partition coefficient (Wildman–Crippen LogP) is 3.93. The van der Waals surface area contributed by atoms with E-state index in [9.17, 15) is 9.90 Å². The van der Waals surface area contributed by atoms with Crippen LogP contribution in [-0.2, 0) is 9.63 Å². The Labute approximate surface area is 170 Å². The van der Waals surface area contributed by atoms with Gasteiger partial charge in [-0.05, 0) is 74.5 Å². The minimum atomic E-state index is -0.278. The lowest BCUT2D eigenvalue weighted by Gasteiger charge is -2.59. The van der Waals surface area contributed by atoms with Gasteiger partial charge in [0.2, 0.25) is 0 Å². The van der Waals surface area contributed by atoms with Gasteiger partial charge in [0.25, 0.3) is 0 Å². The van der Waals surface area contributed by atoms with Gasteiger partial charge in [0.15, 0.2) is 0 Å². The van der Waals surface area contributed by atoms with E-state index in [4.69, 9.17) is 10.6 Å². The second-order valence-corrected chi connectivity index (χ2v) is 10.1. The zero-order valence-electron chi connectivity index (χ0n) is 18.0. The molecule has 0 saturated heterocycles. The fourth-order valence-corrected chi connectivity index (χ4v) is 6.83. The van der Waals surface area contributed by atoms with Crippen molar-refractivity contribution >= 4 is 12.0 Å². The number of Topliss-reactive ketones (excluding diaryl/α,β-unsaturated/α-hetero) is 1. The molecule has 0 radical (unpaired) electrons. The molecule has 3 rings (SSSR count). The van der Waals surface area contributed by atoms with Crippen molar-refractivity contribution in [3.63, 3.8) is 0 Å². The van der Waals surface area contributed by atoms with E-state index in [0.717, 1.165) is 57.8 Å². The van der Waals surface area contributed by atoms with Crippen LogP contribution in [0.2, 0.25) is 0 Å². The molecule has 3 fully saturated rings. The number of aliphatic hydroxyl groups is 1. The van der Waals surface area contributed by atoms with Crippen LogP contribution in [0.5, 0.6) is 0 Å². The van der Waals surface area contributed by atoms with Crippen LogP contribution in [0.15, 0.2) is 5.16 Å². The van der Waals surface area contributed by atoms with Gasteiger partial charge >= 0.3 is 0 Å². The molecule has 0 spiro atoms. The molecule has 7 atom stereocenters. The van der Waals surface area contributed by atoms with Crippen molar-refractivity contribution in [1.82, 2.24) is 0 Å². The van der Waals surface area contributed by atoms with Crippen LogP contribution < -0.4 is 5.73 Å². The van der Waals surface area contributed by atoms with E-state index in [1.807, 2.05) is 0 Å². The van der Waals surface area contributed by atoms with E-state index >= 15 is 0 Å². The highest BCUT2D eigenvalue weighted by molar-refractivity contribution is 5.88. The third-order valence-electron chi connectivity index (χ3n) is 8.37. The van der Waals surface area contributed by atoms with E-state index in [2.05, 4.69) is 25.9 Å². The van der Waals surface area contributed by atoms with Gasteiger partial charge in [0.1, 0.15) is 12.4 Å². The Kier molecular flexibility index (Phi) is 6.86. The normalized spacial score (nSPS) is 43.6. The van der Waals surface area contributed by atoms with Crippen LogP contribution >= 0.6 is 0 Å². The minimum absolute atomic E-state index is 0.111. The molecule has 0 amide bonds. The molecule has 28 heavy (non-hydrogen) atoms. The molecule has 5 nitrogen and oxygen atoms in total. The van der Waals surface area contributed by atoms with Crippen molar-refractivity contribution in [2.45, 2.75) is 84.7 Å². The first-order chi connectivity index (χ1) is 13.4. The van der Waals surface area contributed by atoms with Gasteiger partial charge in [0.05, 0.1) is 6.10 Å². The number of carbonyl (C=O) groups excluding carboxylic acids is 1. The average molecular weight is 393 g/mol. The molecular weight excluding hydrogens is 352 g/mol. The summed E-state index contributed by atoms with van der Waals surface area (Å²) < 4.78 is 0. The van der Waals surface area contributed by atoms with Crippen molar-refractivity contribution in [1.29, 1.82) is 0 Å². The summed E-state index contributed by atoms with van der Waals surface area (Å²) in [5, 5.41) is 14.7. The second-order valence-electron chi connectivity index (χ2n) is 10.1. The number of rotatable bonds is 7. The Hall–Kier alpha value is -0.940. The molecule has 3 aliphatic rings. The SMILES string of the molecule is CCC[C@@]1(C)CC[C@H]2[C@@H](CC[C@@H]3C[C@@H](O)C(C/C=N\OCCN)C[C@@]32C)C1=O. The van der Waals surface area contributed by atoms with Crippen molar-refractivity contribution < 1.29 is 14.7 Å². The van der Waals surface area contributed by atoms with Crippen molar-refractivity contribution in [3.8, 4) is 0 Å². The van der Waals surface area contributed by atoms with E-state index < -0.39 is 0 Å². The molecule has 0 aromatic rings. The van der Waals surface area contributed by atoms with Gasteiger partial charge in [0, 0.05) is 24.1 Å². The van der Waals surface area contributed by atoms with Gasteiger partial charge in [-0.3, -0.25) is 4.79 Å². The third kappa shape index (κ3) is 4.02. The molecule has 0 heterocycles. The van der Waals surface area contributed by atoms with E-state index in [1.54, 1.807) is 6.21 Å². The van der Waals surface area contributed by atoms with Gasteiger partial charge in [-0.2, -0.15) is 0 Å². The summed E-state index contributed by atoms with van der Waals surface area (Å²) in [7, 11) is 0. The van der Waals surface area contributed by atoms with Crippen LogP contribution in [0, 0.1) is 34.5 Å². The zero-order chi connectivity index (χ0) is 20.4. The summed E-state index contributed by atoms with van der Waals surface area (Å²) in [4.78, 5) is 18.5. The number of hydrogen-bond acceptors (Lipinski definition) is 5. The molecule has 0 bridgehead atoms. The second kappa shape index (κ2) is 8.83. The van der Waals surface area contributed by atoms with Crippen LogP contribution in [0.25, 0.3) is 0 Å². The molecule has 0 aliphatic heterocycles. The monoisotopic (exact) mass is 392 g/mol. The first-order valence-electron chi connectivity index (χ1n) is 11.4. The Morgan fingerprint density at radius 3 is 2.82 bits per heavy atom. The molecule has 3 N–H and O–H groups in total. The highest BCUT2D eigenvalue weighted by atomic mass is 16.6. The lowest BCUT2D eigenvalue weighted by atomic mass is 9.45. The maximum atomic E-state index is 13.4. The molecule has 3 aliphatic carbocycles. The number of hydrogen-bond donors (Lipinski definition) is 2. The van der Waals surface area contributed by atoms with Crippen LogP contribution in [0.1, 0.15) is 78.6 Å². The Morgan fingerprint density at radius 2 is 2.11 bits per heavy atom. The number of ketones is 1. The fourth-order valence-electron chi connectivity index (χ4n) is 6.83. The number of aliphatic hydroxyl groups excluding tert-OH is 1. The lowest BCUT2D eigenvalue weighted by molar-refractivity contribution is -0.157. The summed E-state index contributed by atoms with van der Waals surface area (Å²) in [6.45, 7) is 7.68. The van der Waals surface area contributed by atoms with Crippen LogP contribution in [0.4, 0.5) is 0 Å². The summed E-state index contributed by atoms with van der Waals surface area (Å²) in [5.41, 5.74) is 5.45. The zero-order valence-corrected chi connectivity index (χ0v) is 18.0. The summed E-state index contributed by atoms with van der Waals surface area (Å²) >= 11 is 0. The lowest BCUT2D eigenvalue weighted by Crippen LogP contribution is -2.56. The predicted molar refractivity (Wildman–Crippen MR) is 112 cm³/mol. The summed E-state index contributed by atoms with van der Waals surface area (Å²) in [6.07, 6.45) is 10.5. The van der Waals surface area contributed by atoms with Gasteiger partial charge in [-0.1, -0.05) is 32.3 Å². The quantitative estimate of drug-likeness (QED) is 0.391. The van der Waals surface area contributed by atoms with Gasteiger partial charge in [-0.15, -0.1) is 0 Å². The van der Waals surface area contributed by atoms with E-state index in [1.165, 1.54) is 0 Å². The first kappa shape index (κ1) is 21.8. The number of carbonyl (C=O) groups is 1. The maximum Gasteiger partial charge on any atom is 0.142 e. The van der Waals surface area contributed by atoms with Crippen LogP contribution in [-0.4, -0.2) is 36.4 Å². The van der Waals surface area contributed by atoms with E-state index in [-0.39, 0.29) is 28.8 Å². The third-order valence-corrected chi connectivity index (χ3v) is 8.37. The number of fused-ring (bicyclic) bond motifs is 3. The van der Waals surface area contributed by atoms with Crippen molar-refractivity contribution in [2.24, 2.45) is 45.4 Å². The summed E-state index contributed by atoms with van der Waals surface area (Å²) in [5.74, 6) is 1.97. The van der Waals surface area contributed by atoms with Gasteiger partial charge in [-0.25, -0.2) is 0 Å². The largest absolute Gasteiger partial charge is 0.395 e. The first-order valence-corrected chi connectivity index (χ1v) is 11.4. The smallest absolute Gasteiger partial charge is 0.142 e. The van der Waals surface area contributed by atoms with Crippen molar-refractivity contribution in [2.75, 3.05) is 13.2 Å². The molecule has 0 aromatic carbocycles. The average Bonchev–Trinajstić information content (AvgIpc) is 2.66. The Balaban J connectivity index is 1.72. The molecule has 3 saturated carbocycles. The van der Waals surface area contributed by atoms with Gasteiger partial charge < -0.3 is 15.7 Å². The Morgan fingerprint density at radius 1 is 1.32 bits per heavy atom. The molecule has 0 aromatic heterocycles. The van der Waals surface area contributed by atoms with E-state index in [0.29, 0.717) is 30.8 Å². The molecule has 160 valence electrons. The standard InChI is InChI=1S/C23H40N2O3/c1-4-9-22(2)10-7-19-18(21(22)27)6-5-17-14-20(26)16(15-23(17,19)3)8-12-25-28-13-11-24/h12,16-20,26H,4-11,13-15,24H2,1-3H3/b25-12-/t16?,17-,18-,19+,20-,22+,23+/m1/s1. The number of nitrogens with two attached hydrogens (primary N) is 1. The number of oxime groups is 1. The minimum Gasteiger partial charge on any atom is -0.395 e. The van der Waals surface area contributed by atoms with Crippen LogP contribution in [0.3, 0.4) is 0 Å². The highest BCUT2D eigenvalue weighted by Gasteiger charge is 2.57. The maximum absolute atomic E-state index is 13.4. The Bertz CT molecular complexity index is 580. The topological polar surface area (TPSA) is 84.9 Å². The van der Waals surface area contributed by atoms with Crippen molar-refractivity contribution in [3.05, 3.63) is 0 Å². The molecule has 5 heteroatoms.